The Morgan fingerprint density at radius 1 is 1.53 bits per heavy atom. The number of carbonyl (C=O) groups excluding carboxylic acids is 1. The molecule has 0 radical (unpaired) electrons. The molecule has 0 saturated carbocycles. The van der Waals surface area contributed by atoms with Crippen LogP contribution in [0.4, 0.5) is 0 Å². The lowest BCUT2D eigenvalue weighted by atomic mass is 9.83. The van der Waals surface area contributed by atoms with Crippen molar-refractivity contribution in [1.82, 2.24) is 10.3 Å². The third-order valence-corrected chi connectivity index (χ3v) is 3.68. The molecule has 1 aliphatic rings. The van der Waals surface area contributed by atoms with Crippen molar-refractivity contribution in [2.75, 3.05) is 13.1 Å². The fourth-order valence-electron chi connectivity index (χ4n) is 2.20. The predicted octanol–water partition coefficient (Wildman–Crippen LogP) is 1.76. The maximum atomic E-state index is 12.2. The van der Waals surface area contributed by atoms with Gasteiger partial charge in [-0.3, -0.25) is 9.78 Å². The molecule has 3 heteroatoms. The summed E-state index contributed by atoms with van der Waals surface area (Å²) in [5, 5.41) is 3.26. The van der Waals surface area contributed by atoms with E-state index in [0.29, 0.717) is 12.2 Å². The van der Waals surface area contributed by atoms with Crippen LogP contribution >= 0.6 is 0 Å². The number of hydrogen-bond acceptors (Lipinski definition) is 3. The molecule has 0 aromatic carbocycles. The van der Waals surface area contributed by atoms with Crippen LogP contribution in [0.5, 0.6) is 0 Å². The van der Waals surface area contributed by atoms with E-state index in [9.17, 15) is 4.79 Å². The van der Waals surface area contributed by atoms with E-state index >= 15 is 0 Å². The normalized spacial score (nSPS) is 23.9. The Balaban J connectivity index is 2.02. The van der Waals surface area contributed by atoms with E-state index in [2.05, 4.69) is 30.2 Å². The second-order valence-electron chi connectivity index (χ2n) is 5.10. The minimum atomic E-state index is -0.189. The number of rotatable bonds is 4. The number of aromatic nitrogens is 1. The molecule has 1 aliphatic heterocycles. The van der Waals surface area contributed by atoms with Crippen LogP contribution < -0.4 is 5.32 Å². The summed E-state index contributed by atoms with van der Waals surface area (Å²) in [6, 6.07) is 4.04. The Labute approximate surface area is 103 Å². The number of aryl methyl sites for hydroxylation is 1. The summed E-state index contributed by atoms with van der Waals surface area (Å²) in [4.78, 5) is 16.6. The highest BCUT2D eigenvalue weighted by atomic mass is 16.1. The second kappa shape index (κ2) is 4.96. The third-order valence-electron chi connectivity index (χ3n) is 3.68. The molecule has 17 heavy (non-hydrogen) atoms. The monoisotopic (exact) mass is 232 g/mol. The standard InChI is InChI=1S/C14H20N2O/c1-3-11-4-5-12(16-9-11)8-13(17)14(2)6-7-15-10-14/h4-5,9,15H,3,6-8,10H2,1-2H3. The first-order chi connectivity index (χ1) is 8.14. The highest BCUT2D eigenvalue weighted by Crippen LogP contribution is 2.26. The molecule has 1 N–H and O–H groups in total. The number of hydrogen-bond donors (Lipinski definition) is 1. The van der Waals surface area contributed by atoms with Gasteiger partial charge in [-0.1, -0.05) is 19.9 Å². The topological polar surface area (TPSA) is 42.0 Å². The Morgan fingerprint density at radius 2 is 2.35 bits per heavy atom. The molecule has 1 atom stereocenters. The van der Waals surface area contributed by atoms with E-state index in [-0.39, 0.29) is 5.41 Å². The van der Waals surface area contributed by atoms with Crippen molar-refractivity contribution in [3.63, 3.8) is 0 Å². The summed E-state index contributed by atoms with van der Waals surface area (Å²) in [6.45, 7) is 5.91. The zero-order valence-corrected chi connectivity index (χ0v) is 10.6. The maximum Gasteiger partial charge on any atom is 0.146 e. The summed E-state index contributed by atoms with van der Waals surface area (Å²) in [6.07, 6.45) is 4.27. The smallest absolute Gasteiger partial charge is 0.146 e. The Bertz CT molecular complexity index is 391. The van der Waals surface area contributed by atoms with Gasteiger partial charge in [0.15, 0.2) is 0 Å². The van der Waals surface area contributed by atoms with Gasteiger partial charge in [0.25, 0.3) is 0 Å². The molecule has 3 nitrogen and oxygen atoms in total. The minimum Gasteiger partial charge on any atom is -0.316 e. The minimum absolute atomic E-state index is 0.189. The lowest BCUT2D eigenvalue weighted by Gasteiger charge is -2.20. The number of nitrogens with zero attached hydrogens (tertiary/aromatic N) is 1. The number of nitrogens with one attached hydrogen (secondary N) is 1. The van der Waals surface area contributed by atoms with Gasteiger partial charge in [-0.25, -0.2) is 0 Å². The molecular formula is C14H20N2O. The van der Waals surface area contributed by atoms with Crippen molar-refractivity contribution in [3.05, 3.63) is 29.6 Å². The van der Waals surface area contributed by atoms with Gasteiger partial charge in [0.05, 0.1) is 0 Å². The zero-order chi connectivity index (χ0) is 12.3. The molecule has 2 rings (SSSR count). The molecule has 1 fully saturated rings. The largest absolute Gasteiger partial charge is 0.316 e. The van der Waals surface area contributed by atoms with Crippen LogP contribution in [0.15, 0.2) is 18.3 Å². The molecule has 1 aromatic heterocycles. The summed E-state index contributed by atoms with van der Waals surface area (Å²) >= 11 is 0. The summed E-state index contributed by atoms with van der Waals surface area (Å²) in [5.41, 5.74) is 1.92. The Morgan fingerprint density at radius 3 is 2.88 bits per heavy atom. The van der Waals surface area contributed by atoms with Crippen LogP contribution in [0.25, 0.3) is 0 Å². The van der Waals surface area contributed by atoms with Crippen molar-refractivity contribution in [1.29, 1.82) is 0 Å². The van der Waals surface area contributed by atoms with Crippen LogP contribution in [0.3, 0.4) is 0 Å². The van der Waals surface area contributed by atoms with E-state index in [1.807, 2.05) is 12.3 Å². The third kappa shape index (κ3) is 2.72. The van der Waals surface area contributed by atoms with Gasteiger partial charge in [0, 0.05) is 30.3 Å². The molecule has 1 unspecified atom stereocenters. The van der Waals surface area contributed by atoms with Gasteiger partial charge >= 0.3 is 0 Å². The average molecular weight is 232 g/mol. The molecule has 0 aliphatic carbocycles. The fraction of sp³-hybridized carbons (Fsp3) is 0.571. The van der Waals surface area contributed by atoms with Crippen molar-refractivity contribution in [3.8, 4) is 0 Å². The molecule has 0 bridgehead atoms. The first-order valence-corrected chi connectivity index (χ1v) is 6.32. The summed E-state index contributed by atoms with van der Waals surface area (Å²) in [7, 11) is 0. The van der Waals surface area contributed by atoms with Gasteiger partial charge in [-0.15, -0.1) is 0 Å². The van der Waals surface area contributed by atoms with Gasteiger partial charge in [-0.2, -0.15) is 0 Å². The van der Waals surface area contributed by atoms with E-state index in [1.54, 1.807) is 0 Å². The van der Waals surface area contributed by atoms with E-state index in [0.717, 1.165) is 31.6 Å². The highest BCUT2D eigenvalue weighted by molar-refractivity contribution is 5.86. The lowest BCUT2D eigenvalue weighted by molar-refractivity contribution is -0.126. The van der Waals surface area contributed by atoms with E-state index in [4.69, 9.17) is 0 Å². The molecular weight excluding hydrogens is 212 g/mol. The summed E-state index contributed by atoms with van der Waals surface area (Å²) < 4.78 is 0. The van der Waals surface area contributed by atoms with Crippen LogP contribution in [-0.4, -0.2) is 23.9 Å². The lowest BCUT2D eigenvalue weighted by Crippen LogP contribution is -2.31. The first-order valence-electron chi connectivity index (χ1n) is 6.32. The van der Waals surface area contributed by atoms with Gasteiger partial charge < -0.3 is 5.32 Å². The molecule has 1 aromatic rings. The molecule has 0 amide bonds. The predicted molar refractivity (Wildman–Crippen MR) is 67.9 cm³/mol. The number of ketones is 1. The van der Waals surface area contributed by atoms with Crippen LogP contribution in [0.2, 0.25) is 0 Å². The van der Waals surface area contributed by atoms with Crippen LogP contribution in [0.1, 0.15) is 31.5 Å². The van der Waals surface area contributed by atoms with Gasteiger partial charge in [0.2, 0.25) is 0 Å². The molecule has 2 heterocycles. The quantitative estimate of drug-likeness (QED) is 0.860. The van der Waals surface area contributed by atoms with Crippen molar-refractivity contribution in [2.24, 2.45) is 5.41 Å². The molecule has 0 spiro atoms. The van der Waals surface area contributed by atoms with E-state index < -0.39 is 0 Å². The van der Waals surface area contributed by atoms with Crippen LogP contribution in [0, 0.1) is 5.41 Å². The van der Waals surface area contributed by atoms with Gasteiger partial charge in [-0.05, 0) is 31.0 Å². The first kappa shape index (κ1) is 12.2. The second-order valence-corrected chi connectivity index (χ2v) is 5.10. The van der Waals surface area contributed by atoms with Crippen molar-refractivity contribution >= 4 is 5.78 Å². The van der Waals surface area contributed by atoms with Crippen molar-refractivity contribution in [2.45, 2.75) is 33.1 Å². The van der Waals surface area contributed by atoms with Crippen LogP contribution in [-0.2, 0) is 17.6 Å². The van der Waals surface area contributed by atoms with Crippen molar-refractivity contribution < 1.29 is 4.79 Å². The molecule has 1 saturated heterocycles. The van der Waals surface area contributed by atoms with Gasteiger partial charge in [0.1, 0.15) is 5.78 Å². The Hall–Kier alpha value is -1.22. The van der Waals surface area contributed by atoms with E-state index in [1.165, 1.54) is 5.56 Å². The SMILES string of the molecule is CCc1ccc(CC(=O)C2(C)CCNC2)nc1. The fourth-order valence-corrected chi connectivity index (χ4v) is 2.20. The zero-order valence-electron chi connectivity index (χ0n) is 10.6. The number of Topliss-reactive ketones (excluding diaryl/α,β-unsaturated/α-hetero) is 1. The average Bonchev–Trinajstić information content (AvgIpc) is 2.78. The summed E-state index contributed by atoms with van der Waals surface area (Å²) in [5.74, 6) is 0.305. The Kier molecular flexibility index (Phi) is 3.57. The highest BCUT2D eigenvalue weighted by Gasteiger charge is 2.35. The number of pyridine rings is 1. The molecule has 92 valence electrons. The maximum absolute atomic E-state index is 12.2. The number of carbonyl (C=O) groups is 1.